The summed E-state index contributed by atoms with van der Waals surface area (Å²) in [6.07, 6.45) is 22.7. The fourth-order valence-corrected chi connectivity index (χ4v) is 5.75. The molecule has 0 amide bonds. The summed E-state index contributed by atoms with van der Waals surface area (Å²) >= 11 is 1.97. The molecular formula is C31H54N2OS. The van der Waals surface area contributed by atoms with E-state index in [1.807, 2.05) is 18.7 Å². The van der Waals surface area contributed by atoms with Crippen molar-refractivity contribution >= 4 is 18.0 Å². The van der Waals surface area contributed by atoms with Crippen LogP contribution in [0, 0.1) is 17.8 Å². The largest absolute Gasteiger partial charge is 0.312 e. The zero-order chi connectivity index (χ0) is 25.7. The molecule has 0 aromatic carbocycles. The highest BCUT2D eigenvalue weighted by Crippen LogP contribution is 2.27. The van der Waals surface area contributed by atoms with Crippen LogP contribution in [0.15, 0.2) is 47.4 Å². The molecule has 4 heteroatoms. The zero-order valence-electron chi connectivity index (χ0n) is 23.3. The second-order valence-electron chi connectivity index (χ2n) is 10.4. The molecule has 1 N–H and O–H groups in total. The van der Waals surface area contributed by atoms with E-state index in [1.54, 1.807) is 0 Å². The average Bonchev–Trinajstić information content (AvgIpc) is 3.07. The van der Waals surface area contributed by atoms with Crippen LogP contribution in [-0.4, -0.2) is 49.7 Å². The van der Waals surface area contributed by atoms with Crippen LogP contribution in [-0.2, 0) is 4.79 Å². The second kappa shape index (κ2) is 21.0. The number of carbonyl (C=O) groups excluding carboxylic acids is 1. The van der Waals surface area contributed by atoms with Crippen molar-refractivity contribution in [3.63, 3.8) is 0 Å². The normalized spacial score (nSPS) is 19.8. The van der Waals surface area contributed by atoms with Crippen LogP contribution in [0.5, 0.6) is 0 Å². The van der Waals surface area contributed by atoms with Gasteiger partial charge in [-0.2, -0.15) is 0 Å². The first-order chi connectivity index (χ1) is 17.0. The Morgan fingerprint density at radius 1 is 1.17 bits per heavy atom. The number of thioether (sulfide) groups is 1. The highest BCUT2D eigenvalue weighted by Gasteiger charge is 2.23. The van der Waals surface area contributed by atoms with Gasteiger partial charge in [0.25, 0.3) is 0 Å². The molecule has 1 aliphatic heterocycles. The van der Waals surface area contributed by atoms with Crippen molar-refractivity contribution in [3.8, 4) is 0 Å². The van der Waals surface area contributed by atoms with Gasteiger partial charge in [-0.05, 0) is 87.7 Å². The van der Waals surface area contributed by atoms with E-state index in [0.717, 1.165) is 50.0 Å². The van der Waals surface area contributed by atoms with E-state index in [9.17, 15) is 4.79 Å². The fraction of sp³-hybridized carbons (Fsp3) is 0.710. The molecule has 3 unspecified atom stereocenters. The van der Waals surface area contributed by atoms with Crippen LogP contribution in [0.3, 0.4) is 0 Å². The number of likely N-dealkylation sites (tertiary alicyclic amines) is 1. The lowest BCUT2D eigenvalue weighted by Crippen LogP contribution is -2.36. The van der Waals surface area contributed by atoms with Crippen molar-refractivity contribution in [2.24, 2.45) is 17.8 Å². The van der Waals surface area contributed by atoms with Crippen LogP contribution in [0.25, 0.3) is 0 Å². The Kier molecular flexibility index (Phi) is 19.2. The van der Waals surface area contributed by atoms with Gasteiger partial charge >= 0.3 is 0 Å². The van der Waals surface area contributed by atoms with E-state index in [0.29, 0.717) is 17.8 Å². The molecule has 3 atom stereocenters. The number of nitrogens with zero attached hydrogens (tertiary/aromatic N) is 1. The standard InChI is InChI=1S/C31H54N2OS/c1-6-8-17-31(35-23-12-10-9-11-15-27(3)4)25-32-24-29(14-7-2)26-33-20-13-16-30(18-21-33)28(5)19-22-34/h10-12,15,17,22,28-30,32H,3,6-9,13-14,16,18-21,23-26H2,1-2,4-5H3/b12-10-,15-11-,31-17+. The Morgan fingerprint density at radius 2 is 2.00 bits per heavy atom. The molecule has 0 bridgehead atoms. The summed E-state index contributed by atoms with van der Waals surface area (Å²) in [7, 11) is 0. The van der Waals surface area contributed by atoms with Gasteiger partial charge in [0.1, 0.15) is 6.29 Å². The van der Waals surface area contributed by atoms with E-state index in [-0.39, 0.29) is 0 Å². The van der Waals surface area contributed by atoms with Crippen molar-refractivity contribution in [1.82, 2.24) is 10.2 Å². The molecular weight excluding hydrogens is 448 g/mol. The van der Waals surface area contributed by atoms with Crippen molar-refractivity contribution in [2.75, 3.05) is 38.5 Å². The zero-order valence-corrected chi connectivity index (χ0v) is 24.1. The molecule has 3 nitrogen and oxygen atoms in total. The van der Waals surface area contributed by atoms with E-state index >= 15 is 0 Å². The van der Waals surface area contributed by atoms with Crippen molar-refractivity contribution in [3.05, 3.63) is 47.4 Å². The summed E-state index contributed by atoms with van der Waals surface area (Å²) in [5.74, 6) is 3.00. The molecule has 0 spiro atoms. The molecule has 0 radical (unpaired) electrons. The molecule has 0 aromatic rings. The molecule has 1 saturated heterocycles. The average molecular weight is 503 g/mol. The van der Waals surface area contributed by atoms with Crippen molar-refractivity contribution in [2.45, 2.75) is 85.5 Å². The molecule has 0 aromatic heterocycles. The number of nitrogens with one attached hydrogen (secondary N) is 1. The first kappa shape index (κ1) is 31.9. The minimum atomic E-state index is 0.536. The van der Waals surface area contributed by atoms with Crippen molar-refractivity contribution in [1.29, 1.82) is 0 Å². The van der Waals surface area contributed by atoms with Gasteiger partial charge in [-0.3, -0.25) is 0 Å². The van der Waals surface area contributed by atoms with E-state index < -0.39 is 0 Å². The maximum atomic E-state index is 10.9. The van der Waals surface area contributed by atoms with Crippen LogP contribution in [0.1, 0.15) is 85.5 Å². The fourth-order valence-electron chi connectivity index (χ4n) is 4.86. The van der Waals surface area contributed by atoms with E-state index in [2.05, 4.69) is 67.9 Å². The predicted molar refractivity (Wildman–Crippen MR) is 158 cm³/mol. The molecule has 1 aliphatic rings. The Balaban J connectivity index is 2.47. The van der Waals surface area contributed by atoms with Gasteiger partial charge in [0.2, 0.25) is 0 Å². The molecule has 200 valence electrons. The van der Waals surface area contributed by atoms with Crippen LogP contribution < -0.4 is 5.32 Å². The number of aldehydes is 1. The number of carbonyl (C=O) groups is 1. The summed E-state index contributed by atoms with van der Waals surface area (Å²) in [4.78, 5) is 15.1. The minimum Gasteiger partial charge on any atom is -0.312 e. The highest BCUT2D eigenvalue weighted by atomic mass is 32.2. The molecule has 35 heavy (non-hydrogen) atoms. The third-order valence-electron chi connectivity index (χ3n) is 6.95. The topological polar surface area (TPSA) is 32.3 Å². The van der Waals surface area contributed by atoms with Crippen LogP contribution in [0.2, 0.25) is 0 Å². The number of allylic oxidation sites excluding steroid dienone is 5. The van der Waals surface area contributed by atoms with Gasteiger partial charge in [0, 0.05) is 25.3 Å². The van der Waals surface area contributed by atoms with Crippen LogP contribution in [0.4, 0.5) is 0 Å². The highest BCUT2D eigenvalue weighted by molar-refractivity contribution is 8.03. The number of hydrogen-bond donors (Lipinski definition) is 1. The Morgan fingerprint density at radius 3 is 2.71 bits per heavy atom. The predicted octanol–water partition coefficient (Wildman–Crippen LogP) is 7.82. The number of unbranched alkanes of at least 4 members (excludes halogenated alkanes) is 1. The lowest BCUT2D eigenvalue weighted by atomic mass is 9.86. The summed E-state index contributed by atoms with van der Waals surface area (Å²) in [6, 6.07) is 0. The first-order valence-electron chi connectivity index (χ1n) is 14.2. The maximum Gasteiger partial charge on any atom is 0.120 e. The summed E-state index contributed by atoms with van der Waals surface area (Å²) in [5, 5.41) is 3.80. The molecule has 1 rings (SSSR count). The summed E-state index contributed by atoms with van der Waals surface area (Å²) in [6.45, 7) is 18.5. The third-order valence-corrected chi connectivity index (χ3v) is 7.99. The minimum absolute atomic E-state index is 0.536. The van der Waals surface area contributed by atoms with Gasteiger partial charge in [-0.15, -0.1) is 11.8 Å². The second-order valence-corrected chi connectivity index (χ2v) is 11.5. The van der Waals surface area contributed by atoms with Gasteiger partial charge in [-0.25, -0.2) is 0 Å². The van der Waals surface area contributed by atoms with Gasteiger partial charge in [0.05, 0.1) is 0 Å². The van der Waals surface area contributed by atoms with Gasteiger partial charge in [0.15, 0.2) is 0 Å². The first-order valence-corrected chi connectivity index (χ1v) is 15.1. The number of hydrogen-bond acceptors (Lipinski definition) is 4. The maximum absolute atomic E-state index is 10.9. The summed E-state index contributed by atoms with van der Waals surface area (Å²) < 4.78 is 0. The number of rotatable bonds is 19. The third kappa shape index (κ3) is 16.3. The Labute approximate surface area is 222 Å². The summed E-state index contributed by atoms with van der Waals surface area (Å²) in [5.41, 5.74) is 1.11. The molecule has 1 fully saturated rings. The van der Waals surface area contributed by atoms with Crippen LogP contribution >= 0.6 is 11.8 Å². The van der Waals surface area contributed by atoms with Gasteiger partial charge < -0.3 is 15.0 Å². The molecule has 1 heterocycles. The van der Waals surface area contributed by atoms with E-state index in [4.69, 9.17) is 0 Å². The van der Waals surface area contributed by atoms with E-state index in [1.165, 1.54) is 63.1 Å². The Bertz CT molecular complexity index is 654. The smallest absolute Gasteiger partial charge is 0.120 e. The quantitative estimate of drug-likeness (QED) is 0.111. The lowest BCUT2D eigenvalue weighted by molar-refractivity contribution is -0.108. The van der Waals surface area contributed by atoms with Crippen molar-refractivity contribution < 1.29 is 4.79 Å². The Hall–Kier alpha value is -1.10. The SMILES string of the molecule is C=C(C)/C=C\C/C=C\CS/C(=C/CCC)CNCC(CCC)CN1CCCC(C(C)CC=O)CC1. The lowest BCUT2D eigenvalue weighted by Gasteiger charge is -2.27. The molecule has 0 aliphatic carbocycles. The monoisotopic (exact) mass is 502 g/mol. The molecule has 0 saturated carbocycles. The van der Waals surface area contributed by atoms with Gasteiger partial charge in [-0.1, -0.05) is 76.1 Å².